The van der Waals surface area contributed by atoms with E-state index in [0.717, 1.165) is 0 Å². The van der Waals surface area contributed by atoms with Crippen molar-refractivity contribution in [3.8, 4) is 17.2 Å². The van der Waals surface area contributed by atoms with E-state index in [0.29, 0.717) is 11.5 Å². The Kier molecular flexibility index (Phi) is 3.96. The van der Waals surface area contributed by atoms with E-state index in [9.17, 15) is 9.90 Å². The number of aromatic hydroxyl groups is 1. The van der Waals surface area contributed by atoms with Crippen LogP contribution in [-0.2, 0) is 0 Å². The number of amides is 1. The zero-order valence-electron chi connectivity index (χ0n) is 8.98. The monoisotopic (exact) mass is 227 g/mol. The van der Waals surface area contributed by atoms with Crippen LogP contribution < -0.4 is 14.8 Å². The standard InChI is InChI=1S/C10H13NO5/c1-15-8-3-6(10(14)11-5-12)7(13)4-9(8)16-2/h3-4,12-13H,5H2,1-2H3,(H,11,14). The summed E-state index contributed by atoms with van der Waals surface area (Å²) in [6.45, 7) is -0.507. The highest BCUT2D eigenvalue weighted by Crippen LogP contribution is 2.33. The number of carbonyl (C=O) groups is 1. The lowest BCUT2D eigenvalue weighted by Gasteiger charge is -2.11. The number of hydrogen-bond acceptors (Lipinski definition) is 5. The molecule has 0 aromatic heterocycles. The van der Waals surface area contributed by atoms with Gasteiger partial charge in [0.2, 0.25) is 0 Å². The van der Waals surface area contributed by atoms with Gasteiger partial charge >= 0.3 is 0 Å². The third-order valence-electron chi connectivity index (χ3n) is 1.99. The predicted octanol–water partition coefficient (Wildman–Crippen LogP) is 0.0890. The number of carbonyl (C=O) groups excluding carboxylic acids is 1. The summed E-state index contributed by atoms with van der Waals surface area (Å²) in [6, 6.07) is 2.60. The first-order valence-corrected chi connectivity index (χ1v) is 4.48. The molecule has 1 aromatic carbocycles. The SMILES string of the molecule is COc1cc(O)c(C(=O)NCO)cc1OC. The third-order valence-corrected chi connectivity index (χ3v) is 1.99. The molecule has 3 N–H and O–H groups in total. The second-order valence-corrected chi connectivity index (χ2v) is 2.89. The largest absolute Gasteiger partial charge is 0.507 e. The molecule has 0 spiro atoms. The van der Waals surface area contributed by atoms with Crippen LogP contribution in [0.5, 0.6) is 17.2 Å². The zero-order chi connectivity index (χ0) is 12.1. The Balaban J connectivity index is 3.15. The zero-order valence-corrected chi connectivity index (χ0v) is 8.98. The van der Waals surface area contributed by atoms with Gasteiger partial charge in [0.25, 0.3) is 5.91 Å². The molecule has 0 unspecified atom stereocenters. The van der Waals surface area contributed by atoms with Crippen molar-refractivity contribution in [1.82, 2.24) is 5.32 Å². The van der Waals surface area contributed by atoms with Gasteiger partial charge in [0.15, 0.2) is 11.5 Å². The molecule has 0 saturated heterocycles. The Morgan fingerprint density at radius 3 is 2.38 bits per heavy atom. The molecule has 0 atom stereocenters. The summed E-state index contributed by atoms with van der Waals surface area (Å²) >= 11 is 0. The Hall–Kier alpha value is -1.95. The number of ether oxygens (including phenoxy) is 2. The van der Waals surface area contributed by atoms with Crippen LogP contribution >= 0.6 is 0 Å². The van der Waals surface area contributed by atoms with Gasteiger partial charge in [0.1, 0.15) is 12.5 Å². The highest BCUT2D eigenvalue weighted by molar-refractivity contribution is 5.97. The minimum absolute atomic E-state index is 0.00620. The van der Waals surface area contributed by atoms with E-state index < -0.39 is 12.6 Å². The second-order valence-electron chi connectivity index (χ2n) is 2.89. The Morgan fingerprint density at radius 2 is 1.88 bits per heavy atom. The molecule has 0 radical (unpaired) electrons. The van der Waals surface area contributed by atoms with Gasteiger partial charge in [-0.05, 0) is 0 Å². The molecular formula is C10H13NO5. The third kappa shape index (κ3) is 2.34. The maximum Gasteiger partial charge on any atom is 0.256 e. The number of phenolic OH excluding ortho intramolecular Hbond substituents is 1. The normalized spacial score (nSPS) is 9.69. The molecule has 1 aromatic rings. The molecular weight excluding hydrogens is 214 g/mol. The van der Waals surface area contributed by atoms with E-state index in [-0.39, 0.29) is 11.3 Å². The van der Waals surface area contributed by atoms with Crippen LogP contribution in [-0.4, -0.2) is 37.1 Å². The smallest absolute Gasteiger partial charge is 0.256 e. The van der Waals surface area contributed by atoms with E-state index >= 15 is 0 Å². The molecule has 0 aliphatic rings. The molecule has 0 aliphatic carbocycles. The summed E-state index contributed by atoms with van der Waals surface area (Å²) in [5.41, 5.74) is 0.00620. The van der Waals surface area contributed by atoms with E-state index in [1.54, 1.807) is 0 Å². The van der Waals surface area contributed by atoms with Crippen molar-refractivity contribution in [3.05, 3.63) is 17.7 Å². The van der Waals surface area contributed by atoms with Gasteiger partial charge in [-0.1, -0.05) is 0 Å². The van der Waals surface area contributed by atoms with Crippen molar-refractivity contribution in [2.24, 2.45) is 0 Å². The fraction of sp³-hybridized carbons (Fsp3) is 0.300. The van der Waals surface area contributed by atoms with Gasteiger partial charge in [-0.25, -0.2) is 0 Å². The van der Waals surface area contributed by atoms with Crippen LogP contribution in [0.15, 0.2) is 12.1 Å². The van der Waals surface area contributed by atoms with Crippen LogP contribution in [0.2, 0.25) is 0 Å². The van der Waals surface area contributed by atoms with Crippen molar-refractivity contribution in [2.75, 3.05) is 21.0 Å². The minimum atomic E-state index is -0.596. The fourth-order valence-corrected chi connectivity index (χ4v) is 1.22. The number of methoxy groups -OCH3 is 2. The molecule has 0 fully saturated rings. The number of phenols is 1. The van der Waals surface area contributed by atoms with E-state index in [2.05, 4.69) is 5.32 Å². The minimum Gasteiger partial charge on any atom is -0.507 e. The van der Waals surface area contributed by atoms with Crippen LogP contribution in [0.4, 0.5) is 0 Å². The molecule has 1 rings (SSSR count). The molecule has 0 saturated carbocycles. The molecule has 16 heavy (non-hydrogen) atoms. The van der Waals surface area contributed by atoms with Gasteiger partial charge in [0.05, 0.1) is 19.8 Å². The van der Waals surface area contributed by atoms with Crippen molar-refractivity contribution in [3.63, 3.8) is 0 Å². The first-order valence-electron chi connectivity index (χ1n) is 4.48. The number of aliphatic hydroxyl groups excluding tert-OH is 1. The molecule has 0 aliphatic heterocycles. The summed E-state index contributed by atoms with van der Waals surface area (Å²) in [4.78, 5) is 11.4. The van der Waals surface area contributed by atoms with Gasteiger partial charge < -0.3 is 25.0 Å². The predicted molar refractivity (Wildman–Crippen MR) is 55.8 cm³/mol. The molecule has 88 valence electrons. The molecule has 1 amide bonds. The number of rotatable bonds is 4. The van der Waals surface area contributed by atoms with Crippen molar-refractivity contribution in [2.45, 2.75) is 0 Å². The topological polar surface area (TPSA) is 88.0 Å². The van der Waals surface area contributed by atoms with Crippen LogP contribution in [0.3, 0.4) is 0 Å². The first-order chi connectivity index (χ1) is 7.63. The summed E-state index contributed by atoms with van der Waals surface area (Å²) in [5, 5.41) is 20.3. The summed E-state index contributed by atoms with van der Waals surface area (Å²) < 4.78 is 9.93. The van der Waals surface area contributed by atoms with Crippen molar-refractivity contribution < 1.29 is 24.5 Å². The maximum absolute atomic E-state index is 11.4. The summed E-state index contributed by atoms with van der Waals surface area (Å²) in [6.07, 6.45) is 0. The van der Waals surface area contributed by atoms with Crippen LogP contribution in [0, 0.1) is 0 Å². The Bertz CT molecular complexity index is 391. The van der Waals surface area contributed by atoms with Gasteiger partial charge in [0, 0.05) is 12.1 Å². The van der Waals surface area contributed by atoms with Crippen molar-refractivity contribution in [1.29, 1.82) is 0 Å². The Labute approximate surface area is 92.4 Å². The summed E-state index contributed by atoms with van der Waals surface area (Å²) in [7, 11) is 2.84. The number of benzene rings is 1. The van der Waals surface area contributed by atoms with E-state index in [4.69, 9.17) is 14.6 Å². The second kappa shape index (κ2) is 5.22. The average molecular weight is 227 g/mol. The fourth-order valence-electron chi connectivity index (χ4n) is 1.22. The average Bonchev–Trinajstić information content (AvgIpc) is 2.28. The van der Waals surface area contributed by atoms with Gasteiger partial charge in [-0.2, -0.15) is 0 Å². The van der Waals surface area contributed by atoms with Crippen LogP contribution in [0.25, 0.3) is 0 Å². The molecule has 6 nitrogen and oxygen atoms in total. The van der Waals surface area contributed by atoms with Gasteiger partial charge in [-0.3, -0.25) is 4.79 Å². The molecule has 0 heterocycles. The molecule has 6 heteroatoms. The van der Waals surface area contributed by atoms with Crippen LogP contribution in [0.1, 0.15) is 10.4 Å². The van der Waals surface area contributed by atoms with Gasteiger partial charge in [-0.15, -0.1) is 0 Å². The highest BCUT2D eigenvalue weighted by Gasteiger charge is 2.15. The highest BCUT2D eigenvalue weighted by atomic mass is 16.5. The maximum atomic E-state index is 11.4. The number of aliphatic hydroxyl groups is 1. The number of nitrogens with one attached hydrogen (secondary N) is 1. The lowest BCUT2D eigenvalue weighted by molar-refractivity contribution is 0.0907. The number of hydrogen-bond donors (Lipinski definition) is 3. The lowest BCUT2D eigenvalue weighted by Crippen LogP contribution is -2.24. The first kappa shape index (κ1) is 12.1. The Morgan fingerprint density at radius 1 is 1.31 bits per heavy atom. The lowest BCUT2D eigenvalue weighted by atomic mass is 10.1. The summed E-state index contributed by atoms with van der Waals surface area (Å²) in [5.74, 6) is -0.200. The molecule has 0 bridgehead atoms. The quantitative estimate of drug-likeness (QED) is 0.634. The van der Waals surface area contributed by atoms with E-state index in [1.807, 2.05) is 0 Å². The van der Waals surface area contributed by atoms with E-state index in [1.165, 1.54) is 26.4 Å². The van der Waals surface area contributed by atoms with Crippen molar-refractivity contribution >= 4 is 5.91 Å².